The van der Waals surface area contributed by atoms with E-state index >= 15 is 0 Å². The Morgan fingerprint density at radius 3 is 2.42 bits per heavy atom. The van der Waals surface area contributed by atoms with E-state index in [0.29, 0.717) is 25.1 Å². The largest absolute Gasteiger partial charge is 0.481 e. The Morgan fingerprint density at radius 1 is 1.25 bits per heavy atom. The Balaban J connectivity index is 0.00000144. The van der Waals surface area contributed by atoms with Crippen molar-refractivity contribution in [1.29, 1.82) is 0 Å². The lowest BCUT2D eigenvalue weighted by atomic mass is 10.1. The van der Waals surface area contributed by atoms with Crippen molar-refractivity contribution in [2.45, 2.75) is 13.3 Å². The summed E-state index contributed by atoms with van der Waals surface area (Å²) in [6, 6.07) is 7.33. The van der Waals surface area contributed by atoms with Gasteiger partial charge in [0.2, 0.25) is 0 Å². The first kappa shape index (κ1) is 20.4. The molecule has 1 aromatic carbocycles. The number of aryl methyl sites for hydroxylation is 1. The quantitative estimate of drug-likeness (QED) is 0.872. The third-order valence-corrected chi connectivity index (χ3v) is 4.83. The van der Waals surface area contributed by atoms with Crippen LogP contribution < -0.4 is 0 Å². The lowest BCUT2D eigenvalue weighted by molar-refractivity contribution is -0.141. The molecule has 1 saturated heterocycles. The Kier molecular flexibility index (Phi) is 7.20. The second-order valence-electron chi connectivity index (χ2n) is 5.45. The SMILES string of the molecule is Cc1csc(-c2ccc(C(=O)N3CCC(C(=O)O)C3)cc2)n1.Cl.Cl. The lowest BCUT2D eigenvalue weighted by Gasteiger charge is -2.15. The molecule has 5 nitrogen and oxygen atoms in total. The van der Waals surface area contributed by atoms with Crippen LogP contribution in [0.1, 0.15) is 22.5 Å². The summed E-state index contributed by atoms with van der Waals surface area (Å²) < 4.78 is 0. The molecule has 24 heavy (non-hydrogen) atoms. The van der Waals surface area contributed by atoms with Crippen LogP contribution in [0, 0.1) is 12.8 Å². The van der Waals surface area contributed by atoms with Gasteiger partial charge in [-0.25, -0.2) is 4.98 Å². The molecule has 1 amide bonds. The molecule has 1 unspecified atom stereocenters. The Bertz CT molecular complexity index is 718. The van der Waals surface area contributed by atoms with Crippen LogP contribution in [0.2, 0.25) is 0 Å². The topological polar surface area (TPSA) is 70.5 Å². The predicted octanol–water partition coefficient (Wildman–Crippen LogP) is 3.51. The van der Waals surface area contributed by atoms with Crippen LogP contribution >= 0.6 is 36.2 Å². The molecular weight excluding hydrogens is 371 g/mol. The summed E-state index contributed by atoms with van der Waals surface area (Å²) in [5.41, 5.74) is 2.56. The molecule has 1 atom stereocenters. The van der Waals surface area contributed by atoms with Crippen LogP contribution in [0.5, 0.6) is 0 Å². The average Bonchev–Trinajstić information content (AvgIpc) is 3.16. The fourth-order valence-electron chi connectivity index (χ4n) is 2.57. The van der Waals surface area contributed by atoms with E-state index in [9.17, 15) is 9.59 Å². The minimum Gasteiger partial charge on any atom is -0.481 e. The summed E-state index contributed by atoms with van der Waals surface area (Å²) in [5.74, 6) is -1.38. The number of hydrogen-bond donors (Lipinski definition) is 1. The zero-order valence-electron chi connectivity index (χ0n) is 13.0. The zero-order chi connectivity index (χ0) is 15.7. The van der Waals surface area contributed by atoms with Crippen molar-refractivity contribution >= 4 is 48.0 Å². The van der Waals surface area contributed by atoms with Crippen LogP contribution in [-0.4, -0.2) is 40.0 Å². The van der Waals surface area contributed by atoms with Gasteiger partial charge in [0, 0.05) is 35.3 Å². The first-order valence-corrected chi connectivity index (χ1v) is 7.97. The molecule has 1 N–H and O–H groups in total. The van der Waals surface area contributed by atoms with Gasteiger partial charge in [-0.1, -0.05) is 12.1 Å². The van der Waals surface area contributed by atoms with Gasteiger partial charge in [-0.3, -0.25) is 9.59 Å². The maximum atomic E-state index is 12.4. The van der Waals surface area contributed by atoms with Gasteiger partial charge in [0.15, 0.2) is 0 Å². The van der Waals surface area contributed by atoms with Gasteiger partial charge in [-0.2, -0.15) is 0 Å². The summed E-state index contributed by atoms with van der Waals surface area (Å²) in [6.07, 6.45) is 0.525. The number of benzene rings is 1. The van der Waals surface area contributed by atoms with E-state index in [1.807, 2.05) is 24.4 Å². The minimum atomic E-state index is -0.829. The highest BCUT2D eigenvalue weighted by Crippen LogP contribution is 2.25. The van der Waals surface area contributed by atoms with Crippen molar-refractivity contribution in [3.63, 3.8) is 0 Å². The highest BCUT2D eigenvalue weighted by atomic mass is 35.5. The van der Waals surface area contributed by atoms with E-state index in [4.69, 9.17) is 5.11 Å². The van der Waals surface area contributed by atoms with Gasteiger partial charge in [-0.15, -0.1) is 36.2 Å². The van der Waals surface area contributed by atoms with E-state index in [1.165, 1.54) is 0 Å². The maximum absolute atomic E-state index is 12.4. The van der Waals surface area contributed by atoms with Crippen LogP contribution in [0.25, 0.3) is 10.6 Å². The van der Waals surface area contributed by atoms with E-state index < -0.39 is 11.9 Å². The molecule has 0 bridgehead atoms. The van der Waals surface area contributed by atoms with E-state index in [2.05, 4.69) is 4.98 Å². The van der Waals surface area contributed by atoms with Crippen LogP contribution in [0.4, 0.5) is 0 Å². The number of carbonyl (C=O) groups is 2. The highest BCUT2D eigenvalue weighted by molar-refractivity contribution is 7.13. The minimum absolute atomic E-state index is 0. The van der Waals surface area contributed by atoms with Crippen LogP contribution in [0.3, 0.4) is 0 Å². The third-order valence-electron chi connectivity index (χ3n) is 3.82. The number of amides is 1. The number of thiazole rings is 1. The number of aliphatic carboxylic acids is 1. The first-order valence-electron chi connectivity index (χ1n) is 7.09. The van der Waals surface area contributed by atoms with E-state index in [0.717, 1.165) is 16.3 Å². The second-order valence-corrected chi connectivity index (χ2v) is 6.30. The molecule has 8 heteroatoms. The average molecular weight is 389 g/mol. The summed E-state index contributed by atoms with van der Waals surface area (Å²) >= 11 is 1.57. The fourth-order valence-corrected chi connectivity index (χ4v) is 3.37. The fraction of sp³-hybridized carbons (Fsp3) is 0.312. The number of rotatable bonds is 3. The molecular formula is C16H18Cl2N2O3S. The van der Waals surface area contributed by atoms with Crippen molar-refractivity contribution in [2.75, 3.05) is 13.1 Å². The Labute approximate surface area is 156 Å². The number of nitrogens with zero attached hydrogens (tertiary/aromatic N) is 2. The van der Waals surface area contributed by atoms with Crippen LogP contribution in [-0.2, 0) is 4.79 Å². The molecule has 3 rings (SSSR count). The van der Waals surface area contributed by atoms with Gasteiger partial charge in [0.25, 0.3) is 5.91 Å². The Hall–Kier alpha value is -1.63. The monoisotopic (exact) mass is 388 g/mol. The van der Waals surface area contributed by atoms with Crippen LogP contribution in [0.15, 0.2) is 29.6 Å². The Morgan fingerprint density at radius 2 is 1.92 bits per heavy atom. The van der Waals surface area contributed by atoms with Gasteiger partial charge >= 0.3 is 5.97 Å². The number of likely N-dealkylation sites (tertiary alicyclic amines) is 1. The number of aromatic nitrogens is 1. The molecule has 1 aliphatic heterocycles. The van der Waals surface area contributed by atoms with Crippen molar-refractivity contribution < 1.29 is 14.7 Å². The van der Waals surface area contributed by atoms with Gasteiger partial charge in [0.1, 0.15) is 5.01 Å². The van der Waals surface area contributed by atoms with E-state index in [1.54, 1.807) is 28.4 Å². The number of carbonyl (C=O) groups excluding carboxylic acids is 1. The first-order chi connectivity index (χ1) is 10.5. The number of hydrogen-bond acceptors (Lipinski definition) is 4. The van der Waals surface area contributed by atoms with Crippen molar-refractivity contribution in [1.82, 2.24) is 9.88 Å². The molecule has 0 radical (unpaired) electrons. The second kappa shape index (κ2) is 8.46. The van der Waals surface area contributed by atoms with Crippen molar-refractivity contribution in [3.05, 3.63) is 40.9 Å². The summed E-state index contributed by atoms with van der Waals surface area (Å²) in [7, 11) is 0. The summed E-state index contributed by atoms with van der Waals surface area (Å²) in [5, 5.41) is 11.9. The van der Waals surface area contributed by atoms with Gasteiger partial charge in [0.05, 0.1) is 5.92 Å². The normalized spacial score (nSPS) is 16.2. The molecule has 2 aromatic rings. The molecule has 1 aromatic heterocycles. The zero-order valence-corrected chi connectivity index (χ0v) is 15.4. The number of halogens is 2. The number of carboxylic acids is 1. The highest BCUT2D eigenvalue weighted by Gasteiger charge is 2.31. The van der Waals surface area contributed by atoms with E-state index in [-0.39, 0.29) is 30.7 Å². The smallest absolute Gasteiger partial charge is 0.308 e. The van der Waals surface area contributed by atoms with Gasteiger partial charge in [-0.05, 0) is 25.5 Å². The summed E-state index contributed by atoms with van der Waals surface area (Å²) in [4.78, 5) is 29.4. The van der Waals surface area contributed by atoms with Gasteiger partial charge < -0.3 is 10.0 Å². The lowest BCUT2D eigenvalue weighted by Crippen LogP contribution is -2.29. The predicted molar refractivity (Wildman–Crippen MR) is 98.4 cm³/mol. The molecule has 0 spiro atoms. The molecule has 0 aliphatic carbocycles. The molecule has 0 saturated carbocycles. The summed E-state index contributed by atoms with van der Waals surface area (Å²) in [6.45, 7) is 2.74. The molecule has 1 aliphatic rings. The maximum Gasteiger partial charge on any atom is 0.308 e. The number of carboxylic acid groups (broad SMARTS) is 1. The van der Waals surface area contributed by atoms with Crippen molar-refractivity contribution in [2.24, 2.45) is 5.92 Å². The molecule has 1 fully saturated rings. The third kappa shape index (κ3) is 4.26. The molecule has 130 valence electrons. The van der Waals surface area contributed by atoms with Crippen molar-refractivity contribution in [3.8, 4) is 10.6 Å². The molecule has 2 heterocycles. The standard InChI is InChI=1S/C16H16N2O3S.2ClH/c1-10-9-22-14(17-10)11-2-4-12(5-3-11)15(19)18-7-6-13(8-18)16(20)21;;/h2-5,9,13H,6-8H2,1H3,(H,20,21);2*1H.